The smallest absolute Gasteiger partial charge is 0.227 e. The molecule has 1 amide bonds. The Morgan fingerprint density at radius 1 is 1.03 bits per heavy atom. The van der Waals surface area contributed by atoms with Crippen molar-refractivity contribution in [2.75, 3.05) is 19.5 Å². The molecule has 170 valence electrons. The van der Waals surface area contributed by atoms with Crippen LogP contribution in [0.15, 0.2) is 57.4 Å². The van der Waals surface area contributed by atoms with Gasteiger partial charge >= 0.3 is 0 Å². The minimum Gasteiger partial charge on any atom is -0.497 e. The number of hydrogen-bond acceptors (Lipinski definition) is 10. The van der Waals surface area contributed by atoms with Gasteiger partial charge in [0.25, 0.3) is 0 Å². The van der Waals surface area contributed by atoms with Gasteiger partial charge in [-0.05, 0) is 42.0 Å². The van der Waals surface area contributed by atoms with Crippen LogP contribution in [0.1, 0.15) is 17.9 Å². The summed E-state index contributed by atoms with van der Waals surface area (Å²) in [7, 11) is 3.25. The monoisotopic (exact) mass is 483 g/mol. The molecule has 1 N–H and O–H groups in total. The predicted molar refractivity (Wildman–Crippen MR) is 126 cm³/mol. The van der Waals surface area contributed by atoms with E-state index < -0.39 is 0 Å². The molecule has 0 aliphatic rings. The van der Waals surface area contributed by atoms with Gasteiger partial charge in [0.05, 0.1) is 14.2 Å². The number of ether oxygens (including phenoxy) is 2. The molecule has 0 unspecified atom stereocenters. The van der Waals surface area contributed by atoms with Gasteiger partial charge in [0.2, 0.25) is 22.8 Å². The van der Waals surface area contributed by atoms with Gasteiger partial charge in [-0.25, -0.2) is 0 Å². The maximum Gasteiger partial charge on any atom is 0.227 e. The van der Waals surface area contributed by atoms with E-state index in [-0.39, 0.29) is 12.3 Å². The Bertz CT molecular complexity index is 1190. The third-order valence-electron chi connectivity index (χ3n) is 4.56. The van der Waals surface area contributed by atoms with Crippen molar-refractivity contribution in [2.45, 2.75) is 22.9 Å². The molecule has 0 bridgehead atoms. The number of aryl methyl sites for hydroxylation is 1. The van der Waals surface area contributed by atoms with Crippen LogP contribution in [0.3, 0.4) is 0 Å². The molecule has 2 heterocycles. The molecular formula is C22H21N5O4S2. The number of amides is 1. The van der Waals surface area contributed by atoms with E-state index in [9.17, 15) is 4.79 Å². The molecule has 2 aromatic heterocycles. The largest absolute Gasteiger partial charge is 0.497 e. The van der Waals surface area contributed by atoms with Crippen molar-refractivity contribution in [3.05, 3.63) is 60.0 Å². The summed E-state index contributed by atoms with van der Waals surface area (Å²) >= 11 is 2.90. The number of benzene rings is 2. The Labute approximate surface area is 198 Å². The van der Waals surface area contributed by atoms with Gasteiger partial charge in [0, 0.05) is 24.2 Å². The summed E-state index contributed by atoms with van der Waals surface area (Å²) < 4.78 is 16.3. The zero-order valence-corrected chi connectivity index (χ0v) is 19.6. The molecule has 11 heteroatoms. The van der Waals surface area contributed by atoms with E-state index in [0.717, 1.165) is 32.7 Å². The number of hydrogen-bond donors (Lipinski definition) is 1. The van der Waals surface area contributed by atoms with Gasteiger partial charge < -0.3 is 19.3 Å². The van der Waals surface area contributed by atoms with Gasteiger partial charge in [-0.2, -0.15) is 4.98 Å². The van der Waals surface area contributed by atoms with Gasteiger partial charge in [0.1, 0.15) is 11.5 Å². The summed E-state index contributed by atoms with van der Waals surface area (Å²) in [5.74, 6) is 2.99. The van der Waals surface area contributed by atoms with Gasteiger partial charge in [-0.15, -0.1) is 10.2 Å². The molecule has 0 atom stereocenters. The van der Waals surface area contributed by atoms with Crippen LogP contribution in [0.25, 0.3) is 11.4 Å². The number of methoxy groups -OCH3 is 2. The number of nitrogens with one attached hydrogen (secondary N) is 1. The molecular weight excluding hydrogens is 462 g/mol. The van der Waals surface area contributed by atoms with Crippen molar-refractivity contribution in [2.24, 2.45) is 0 Å². The molecule has 2 aromatic carbocycles. The Kier molecular flexibility index (Phi) is 7.53. The summed E-state index contributed by atoms with van der Waals surface area (Å²) in [6, 6.07) is 15.2. The van der Waals surface area contributed by atoms with Gasteiger partial charge in [-0.1, -0.05) is 40.4 Å². The third-order valence-corrected chi connectivity index (χ3v) is 6.60. The zero-order chi connectivity index (χ0) is 23.0. The van der Waals surface area contributed by atoms with Crippen LogP contribution >= 0.6 is 23.1 Å². The van der Waals surface area contributed by atoms with E-state index in [2.05, 4.69) is 25.7 Å². The second kappa shape index (κ2) is 10.9. The number of carbonyl (C=O) groups is 1. The molecule has 0 spiro atoms. The molecule has 33 heavy (non-hydrogen) atoms. The lowest BCUT2D eigenvalue weighted by atomic mass is 10.2. The predicted octanol–water partition coefficient (Wildman–Crippen LogP) is 4.47. The van der Waals surface area contributed by atoms with E-state index in [4.69, 9.17) is 14.0 Å². The SMILES string of the molecule is COc1ccc(CSc2nnc(NC(=O)CCc3nc(-c4ccc(OC)cc4)no3)s2)cc1. The highest BCUT2D eigenvalue weighted by Gasteiger charge is 2.13. The molecule has 0 radical (unpaired) electrons. The summed E-state index contributed by atoms with van der Waals surface area (Å²) in [5.41, 5.74) is 1.96. The fraction of sp³-hybridized carbons (Fsp3) is 0.227. The van der Waals surface area contributed by atoms with Crippen molar-refractivity contribution in [1.82, 2.24) is 20.3 Å². The van der Waals surface area contributed by atoms with E-state index in [1.165, 1.54) is 11.3 Å². The van der Waals surface area contributed by atoms with Crippen molar-refractivity contribution in [1.29, 1.82) is 0 Å². The highest BCUT2D eigenvalue weighted by atomic mass is 32.2. The summed E-state index contributed by atoms with van der Waals surface area (Å²) in [4.78, 5) is 16.6. The Morgan fingerprint density at radius 2 is 1.73 bits per heavy atom. The highest BCUT2D eigenvalue weighted by molar-refractivity contribution is 8.00. The summed E-state index contributed by atoms with van der Waals surface area (Å²) in [5, 5.41) is 15.4. The summed E-state index contributed by atoms with van der Waals surface area (Å²) in [6.45, 7) is 0. The van der Waals surface area contributed by atoms with Gasteiger partial charge in [0.15, 0.2) is 4.34 Å². The van der Waals surface area contributed by atoms with Gasteiger partial charge in [-0.3, -0.25) is 4.79 Å². The molecule has 0 saturated carbocycles. The van der Waals surface area contributed by atoms with Crippen molar-refractivity contribution in [3.63, 3.8) is 0 Å². The molecule has 4 rings (SSSR count). The lowest BCUT2D eigenvalue weighted by Crippen LogP contribution is -2.12. The molecule has 0 saturated heterocycles. The van der Waals surface area contributed by atoms with E-state index in [0.29, 0.717) is 23.3 Å². The fourth-order valence-corrected chi connectivity index (χ4v) is 4.53. The minimum atomic E-state index is -0.193. The lowest BCUT2D eigenvalue weighted by Gasteiger charge is -2.01. The fourth-order valence-electron chi connectivity index (χ4n) is 2.80. The standard InChI is InChI=1S/C22H21N5O4S2/c1-29-16-7-3-14(4-8-16)13-32-22-26-25-21(33-22)23-18(28)11-12-19-24-20(27-31-19)15-5-9-17(30-2)10-6-15/h3-10H,11-13H2,1-2H3,(H,23,25,28). The summed E-state index contributed by atoms with van der Waals surface area (Å²) in [6.07, 6.45) is 0.519. The van der Waals surface area contributed by atoms with Crippen LogP contribution in [-0.4, -0.2) is 40.5 Å². The number of aromatic nitrogens is 4. The van der Waals surface area contributed by atoms with Crippen molar-refractivity contribution >= 4 is 34.1 Å². The number of thioether (sulfide) groups is 1. The quantitative estimate of drug-likeness (QED) is 0.258. The Hall–Kier alpha value is -3.44. The van der Waals surface area contributed by atoms with Crippen LogP contribution in [0, 0.1) is 0 Å². The second-order valence-corrected chi connectivity index (χ2v) is 9.00. The molecule has 0 aliphatic carbocycles. The molecule has 9 nitrogen and oxygen atoms in total. The van der Waals surface area contributed by atoms with Crippen molar-refractivity contribution in [3.8, 4) is 22.9 Å². The normalized spacial score (nSPS) is 10.7. The van der Waals surface area contributed by atoms with E-state index in [1.807, 2.05) is 48.5 Å². The number of rotatable bonds is 10. The van der Waals surface area contributed by atoms with E-state index >= 15 is 0 Å². The lowest BCUT2D eigenvalue weighted by molar-refractivity contribution is -0.116. The third kappa shape index (κ3) is 6.30. The van der Waals surface area contributed by atoms with Crippen molar-refractivity contribution < 1.29 is 18.8 Å². The van der Waals surface area contributed by atoms with E-state index in [1.54, 1.807) is 26.0 Å². The Morgan fingerprint density at radius 3 is 2.42 bits per heavy atom. The number of anilines is 1. The number of carbonyl (C=O) groups excluding carboxylic acids is 1. The topological polar surface area (TPSA) is 112 Å². The zero-order valence-electron chi connectivity index (χ0n) is 18.0. The maximum atomic E-state index is 12.3. The first kappa shape index (κ1) is 22.7. The highest BCUT2D eigenvalue weighted by Crippen LogP contribution is 2.29. The molecule has 4 aromatic rings. The minimum absolute atomic E-state index is 0.193. The van der Waals surface area contributed by atoms with Crippen LogP contribution in [-0.2, 0) is 17.0 Å². The van der Waals surface area contributed by atoms with Crippen LogP contribution in [0.2, 0.25) is 0 Å². The van der Waals surface area contributed by atoms with Crippen LogP contribution < -0.4 is 14.8 Å². The average Bonchev–Trinajstić information content (AvgIpc) is 3.51. The molecule has 0 fully saturated rings. The maximum absolute atomic E-state index is 12.3. The average molecular weight is 484 g/mol. The molecule has 0 aliphatic heterocycles. The second-order valence-electron chi connectivity index (χ2n) is 6.80. The first-order valence-corrected chi connectivity index (χ1v) is 11.8. The first-order valence-electron chi connectivity index (χ1n) is 9.99. The number of nitrogens with zero attached hydrogens (tertiary/aromatic N) is 4. The van der Waals surface area contributed by atoms with Crippen LogP contribution in [0.4, 0.5) is 5.13 Å². The first-order chi connectivity index (χ1) is 16.1. The van der Waals surface area contributed by atoms with Crippen LogP contribution in [0.5, 0.6) is 11.5 Å². The Balaban J connectivity index is 1.24.